The molecular weight excluding hydrogens is 326 g/mol. The van der Waals surface area contributed by atoms with Crippen LogP contribution in [-0.2, 0) is 13.1 Å². The van der Waals surface area contributed by atoms with E-state index >= 15 is 0 Å². The summed E-state index contributed by atoms with van der Waals surface area (Å²) in [6.07, 6.45) is 0. The second-order valence-corrected chi connectivity index (χ2v) is 6.28. The van der Waals surface area contributed by atoms with Crippen LogP contribution in [0.4, 0.5) is 0 Å². The summed E-state index contributed by atoms with van der Waals surface area (Å²) in [5, 5.41) is 11.2. The molecule has 0 spiro atoms. The van der Waals surface area contributed by atoms with E-state index in [1.165, 1.54) is 4.88 Å². The third-order valence-corrected chi connectivity index (χ3v) is 4.42. The maximum atomic E-state index is 11.1. The first-order valence-electron chi connectivity index (χ1n) is 5.79. The van der Waals surface area contributed by atoms with Crippen LogP contribution in [0.1, 0.15) is 20.8 Å². The first-order chi connectivity index (χ1) is 9.06. The van der Waals surface area contributed by atoms with Crippen LogP contribution >= 0.6 is 27.3 Å². The topological polar surface area (TPSA) is 40.5 Å². The molecule has 100 valence electrons. The Morgan fingerprint density at radius 3 is 2.74 bits per heavy atom. The van der Waals surface area contributed by atoms with E-state index in [0.29, 0.717) is 12.1 Å². The fraction of sp³-hybridized carbons (Fsp3) is 0.214. The van der Waals surface area contributed by atoms with Gasteiger partial charge in [-0.05, 0) is 40.7 Å². The van der Waals surface area contributed by atoms with Crippen molar-refractivity contribution < 1.29 is 9.90 Å². The zero-order valence-corrected chi connectivity index (χ0v) is 12.9. The summed E-state index contributed by atoms with van der Waals surface area (Å²) in [5.74, 6) is -0.872. The Bertz CT molecular complexity index is 582. The van der Waals surface area contributed by atoms with Gasteiger partial charge in [-0.2, -0.15) is 0 Å². The van der Waals surface area contributed by atoms with Gasteiger partial charge in [-0.25, -0.2) is 4.79 Å². The molecule has 1 aromatic carbocycles. The van der Waals surface area contributed by atoms with Gasteiger partial charge in [-0.15, -0.1) is 11.3 Å². The van der Waals surface area contributed by atoms with E-state index in [9.17, 15) is 4.79 Å². The van der Waals surface area contributed by atoms with Gasteiger partial charge in [-0.3, -0.25) is 4.90 Å². The Hall–Kier alpha value is -1.17. The van der Waals surface area contributed by atoms with E-state index in [-0.39, 0.29) is 0 Å². The lowest BCUT2D eigenvalue weighted by Crippen LogP contribution is -2.18. The van der Waals surface area contributed by atoms with Gasteiger partial charge in [0.1, 0.15) is 0 Å². The Morgan fingerprint density at radius 1 is 1.37 bits per heavy atom. The molecule has 0 radical (unpaired) electrons. The van der Waals surface area contributed by atoms with E-state index in [2.05, 4.69) is 26.9 Å². The molecule has 0 atom stereocenters. The third-order valence-electron chi connectivity index (χ3n) is 2.74. The van der Waals surface area contributed by atoms with Crippen LogP contribution in [0.3, 0.4) is 0 Å². The fourth-order valence-electron chi connectivity index (χ4n) is 1.92. The van der Waals surface area contributed by atoms with E-state index < -0.39 is 5.97 Å². The van der Waals surface area contributed by atoms with Gasteiger partial charge < -0.3 is 5.11 Å². The first kappa shape index (κ1) is 14.2. The second-order valence-electron chi connectivity index (χ2n) is 4.37. The van der Waals surface area contributed by atoms with Gasteiger partial charge in [0, 0.05) is 27.8 Å². The predicted molar refractivity (Wildman–Crippen MR) is 80.6 cm³/mol. The normalized spacial score (nSPS) is 10.9. The Balaban J connectivity index is 2.06. The van der Waals surface area contributed by atoms with E-state index in [1.54, 1.807) is 23.5 Å². The molecule has 1 heterocycles. The lowest BCUT2D eigenvalue weighted by molar-refractivity contribution is 0.0694. The Morgan fingerprint density at radius 2 is 2.11 bits per heavy atom. The minimum Gasteiger partial charge on any atom is -0.478 e. The summed E-state index contributed by atoms with van der Waals surface area (Å²) in [6.45, 7) is 1.43. The van der Waals surface area contributed by atoms with Gasteiger partial charge in [0.25, 0.3) is 0 Å². The fourth-order valence-corrected chi connectivity index (χ4v) is 3.45. The molecular formula is C14H14BrNO2S. The molecule has 0 fully saturated rings. The van der Waals surface area contributed by atoms with Crippen molar-refractivity contribution in [1.29, 1.82) is 0 Å². The van der Waals surface area contributed by atoms with Crippen LogP contribution < -0.4 is 0 Å². The lowest BCUT2D eigenvalue weighted by Gasteiger charge is -2.17. The number of halogens is 1. The van der Waals surface area contributed by atoms with Crippen LogP contribution in [-0.4, -0.2) is 23.0 Å². The Labute approximate surface area is 124 Å². The summed E-state index contributed by atoms with van der Waals surface area (Å²) in [4.78, 5) is 14.5. The summed E-state index contributed by atoms with van der Waals surface area (Å²) in [7, 11) is 1.99. The number of carbonyl (C=O) groups is 1. The average molecular weight is 340 g/mol. The van der Waals surface area contributed by atoms with Crippen LogP contribution in [0.25, 0.3) is 0 Å². The highest BCUT2D eigenvalue weighted by Crippen LogP contribution is 2.21. The van der Waals surface area contributed by atoms with Crippen molar-refractivity contribution in [2.24, 2.45) is 0 Å². The van der Waals surface area contributed by atoms with Crippen molar-refractivity contribution in [3.63, 3.8) is 0 Å². The van der Waals surface area contributed by atoms with Crippen LogP contribution in [0.5, 0.6) is 0 Å². The van der Waals surface area contributed by atoms with Gasteiger partial charge in [0.05, 0.1) is 5.56 Å². The third kappa shape index (κ3) is 3.89. The van der Waals surface area contributed by atoms with Crippen LogP contribution in [0.15, 0.2) is 40.2 Å². The van der Waals surface area contributed by atoms with Crippen molar-refractivity contribution in [2.75, 3.05) is 7.05 Å². The lowest BCUT2D eigenvalue weighted by atomic mass is 10.1. The highest BCUT2D eigenvalue weighted by Gasteiger charge is 2.11. The maximum absolute atomic E-state index is 11.1. The summed E-state index contributed by atoms with van der Waals surface area (Å²) < 4.78 is 1.09. The highest BCUT2D eigenvalue weighted by atomic mass is 79.9. The zero-order valence-electron chi connectivity index (χ0n) is 10.5. The van der Waals surface area contributed by atoms with Crippen LogP contribution in [0, 0.1) is 0 Å². The minimum absolute atomic E-state index is 0.377. The number of nitrogens with zero attached hydrogens (tertiary/aromatic N) is 1. The average Bonchev–Trinajstić information content (AvgIpc) is 2.75. The van der Waals surface area contributed by atoms with Gasteiger partial charge >= 0.3 is 5.97 Å². The number of thiophene rings is 1. The molecule has 2 rings (SSSR count). The summed E-state index contributed by atoms with van der Waals surface area (Å²) >= 11 is 5.13. The predicted octanol–water partition coefficient (Wildman–Crippen LogP) is 3.84. The number of hydrogen-bond donors (Lipinski definition) is 1. The molecule has 0 aliphatic rings. The standard InChI is InChI=1S/C14H14BrNO2S/c1-16(8-12-6-11(15)9-19-12)7-10-4-2-3-5-13(10)14(17)18/h2-6,9H,7-8H2,1H3,(H,17,18). The Kier molecular flexibility index (Phi) is 4.74. The number of rotatable bonds is 5. The SMILES string of the molecule is CN(Cc1cc(Br)cs1)Cc1ccccc1C(=O)O. The van der Waals surface area contributed by atoms with Crippen LogP contribution in [0.2, 0.25) is 0 Å². The highest BCUT2D eigenvalue weighted by molar-refractivity contribution is 9.10. The van der Waals surface area contributed by atoms with Crippen molar-refractivity contribution in [3.8, 4) is 0 Å². The molecule has 0 amide bonds. The van der Waals surface area contributed by atoms with Gasteiger partial charge in [-0.1, -0.05) is 18.2 Å². The minimum atomic E-state index is -0.872. The molecule has 0 aliphatic heterocycles. The van der Waals surface area contributed by atoms with Crippen molar-refractivity contribution in [1.82, 2.24) is 4.90 Å². The monoisotopic (exact) mass is 339 g/mol. The summed E-state index contributed by atoms with van der Waals surface area (Å²) in [6, 6.07) is 9.22. The first-order valence-corrected chi connectivity index (χ1v) is 7.46. The van der Waals surface area contributed by atoms with E-state index in [4.69, 9.17) is 5.11 Å². The van der Waals surface area contributed by atoms with E-state index in [0.717, 1.165) is 16.6 Å². The van der Waals surface area contributed by atoms with Crippen molar-refractivity contribution >= 4 is 33.2 Å². The van der Waals surface area contributed by atoms with Crippen molar-refractivity contribution in [3.05, 3.63) is 56.2 Å². The molecule has 1 N–H and O–H groups in total. The zero-order chi connectivity index (χ0) is 13.8. The molecule has 0 aliphatic carbocycles. The largest absolute Gasteiger partial charge is 0.478 e. The van der Waals surface area contributed by atoms with Gasteiger partial charge in [0.15, 0.2) is 0 Å². The maximum Gasteiger partial charge on any atom is 0.336 e. The number of carboxylic acid groups (broad SMARTS) is 1. The molecule has 0 unspecified atom stereocenters. The smallest absolute Gasteiger partial charge is 0.336 e. The number of aromatic carboxylic acids is 1. The molecule has 19 heavy (non-hydrogen) atoms. The molecule has 0 bridgehead atoms. The molecule has 1 aromatic heterocycles. The molecule has 0 saturated carbocycles. The molecule has 2 aromatic rings. The summed E-state index contributed by atoms with van der Waals surface area (Å²) in [5.41, 5.74) is 1.22. The van der Waals surface area contributed by atoms with E-state index in [1.807, 2.05) is 24.6 Å². The second kappa shape index (κ2) is 6.32. The number of carboxylic acids is 1. The molecule has 0 saturated heterocycles. The van der Waals surface area contributed by atoms with Gasteiger partial charge in [0.2, 0.25) is 0 Å². The quantitative estimate of drug-likeness (QED) is 0.899. The number of benzene rings is 1. The molecule has 5 heteroatoms. The van der Waals surface area contributed by atoms with Crippen molar-refractivity contribution in [2.45, 2.75) is 13.1 Å². The number of hydrogen-bond acceptors (Lipinski definition) is 3. The molecule has 3 nitrogen and oxygen atoms in total.